The summed E-state index contributed by atoms with van der Waals surface area (Å²) in [6, 6.07) is 6.83. The highest BCUT2D eigenvalue weighted by Crippen LogP contribution is 2.25. The Morgan fingerprint density at radius 2 is 1.83 bits per heavy atom. The van der Waals surface area contributed by atoms with Crippen molar-refractivity contribution in [3.63, 3.8) is 0 Å². The summed E-state index contributed by atoms with van der Waals surface area (Å²) in [5.74, 6) is 0. The third-order valence-corrected chi connectivity index (χ3v) is 4.40. The van der Waals surface area contributed by atoms with Gasteiger partial charge in [-0.05, 0) is 32.9 Å². The minimum absolute atomic E-state index is 0. The van der Waals surface area contributed by atoms with Crippen molar-refractivity contribution < 1.29 is 28.5 Å². The lowest BCUT2D eigenvalue weighted by Crippen LogP contribution is -3.00. The van der Waals surface area contributed by atoms with Crippen LogP contribution in [0.15, 0.2) is 18.2 Å². The number of halogens is 1. The van der Waals surface area contributed by atoms with Gasteiger partial charge in [0.05, 0.1) is 0 Å². The number of aryl methyl sites for hydroxylation is 2. The molecule has 0 unspecified atom stereocenters. The zero-order chi connectivity index (χ0) is 12.4. The van der Waals surface area contributed by atoms with Crippen molar-refractivity contribution >= 4 is 27.2 Å². The molecule has 0 radical (unpaired) electrons. The van der Waals surface area contributed by atoms with E-state index in [-0.39, 0.29) is 24.0 Å². The lowest BCUT2D eigenvalue weighted by atomic mass is 10.2. The highest BCUT2D eigenvalue weighted by atomic mass is 127. The van der Waals surface area contributed by atoms with Gasteiger partial charge in [-0.15, -0.1) is 0 Å². The van der Waals surface area contributed by atoms with Gasteiger partial charge in [0.1, 0.15) is 11.2 Å². The van der Waals surface area contributed by atoms with Crippen LogP contribution in [0.4, 0.5) is 5.69 Å². The van der Waals surface area contributed by atoms with Crippen molar-refractivity contribution in [2.24, 2.45) is 0 Å². The Balaban J connectivity index is 0.00000162. The van der Waals surface area contributed by atoms with Crippen LogP contribution in [0.2, 0.25) is 0 Å². The Bertz CT molecular complexity index is 518. The van der Waals surface area contributed by atoms with Crippen LogP contribution in [0.5, 0.6) is 0 Å². The molecule has 100 valence electrons. The lowest BCUT2D eigenvalue weighted by Gasteiger charge is -2.20. The number of benzene rings is 1. The van der Waals surface area contributed by atoms with Crippen molar-refractivity contribution in [3.8, 4) is 0 Å². The molecule has 0 spiro atoms. The second-order valence-corrected chi connectivity index (χ2v) is 5.42. The highest BCUT2D eigenvalue weighted by molar-refractivity contribution is 7.18. The first-order valence-corrected chi connectivity index (χ1v) is 7.20. The van der Waals surface area contributed by atoms with Crippen LogP contribution >= 0.6 is 11.3 Å². The van der Waals surface area contributed by atoms with Crippen LogP contribution in [0.25, 0.3) is 10.2 Å². The average Bonchev–Trinajstić information content (AvgIpc) is 2.65. The van der Waals surface area contributed by atoms with Crippen LogP contribution < -0.4 is 33.4 Å². The van der Waals surface area contributed by atoms with E-state index in [1.54, 1.807) is 0 Å². The molecule has 2 rings (SSSR count). The number of rotatable bonds is 4. The van der Waals surface area contributed by atoms with Gasteiger partial charge in [-0.25, -0.2) is 0 Å². The first kappa shape index (κ1) is 15.7. The van der Waals surface area contributed by atoms with Gasteiger partial charge in [-0.3, -0.25) is 0 Å². The summed E-state index contributed by atoms with van der Waals surface area (Å²) in [5, 5.41) is 1.39. The van der Waals surface area contributed by atoms with Gasteiger partial charge in [-0.1, -0.05) is 11.3 Å². The Labute approximate surface area is 131 Å². The van der Waals surface area contributed by atoms with Gasteiger partial charge in [0.15, 0.2) is 0 Å². The van der Waals surface area contributed by atoms with Crippen molar-refractivity contribution in [2.45, 2.75) is 34.2 Å². The Morgan fingerprint density at radius 3 is 2.39 bits per heavy atom. The molecule has 2 nitrogen and oxygen atoms in total. The maximum atomic E-state index is 2.40. The molecule has 1 aromatic carbocycles. The molecule has 1 aromatic heterocycles. The normalized spacial score (nSPS) is 10.4. The van der Waals surface area contributed by atoms with E-state index in [2.05, 4.69) is 55.4 Å². The predicted octanol–water partition coefficient (Wildman–Crippen LogP) is 0.367. The van der Waals surface area contributed by atoms with Gasteiger partial charge in [0.25, 0.3) is 0 Å². The molecule has 0 saturated carbocycles. The van der Waals surface area contributed by atoms with Gasteiger partial charge >= 0.3 is 0 Å². The summed E-state index contributed by atoms with van der Waals surface area (Å²) >= 11 is 1.88. The molecule has 18 heavy (non-hydrogen) atoms. The summed E-state index contributed by atoms with van der Waals surface area (Å²) < 4.78 is 3.78. The number of hydrogen-bond donors (Lipinski definition) is 0. The molecule has 0 aliphatic rings. The van der Waals surface area contributed by atoms with E-state index in [4.69, 9.17) is 0 Å². The quantitative estimate of drug-likeness (QED) is 0.553. The zero-order valence-corrected chi connectivity index (χ0v) is 14.5. The topological polar surface area (TPSA) is 7.12 Å². The Hall–Kier alpha value is -0.360. The summed E-state index contributed by atoms with van der Waals surface area (Å²) in [4.78, 5) is 2.40. The van der Waals surface area contributed by atoms with E-state index in [0.717, 1.165) is 19.6 Å². The Kier molecular flexibility index (Phi) is 5.85. The van der Waals surface area contributed by atoms with E-state index >= 15 is 0 Å². The molecule has 4 heteroatoms. The van der Waals surface area contributed by atoms with Crippen LogP contribution in [-0.2, 0) is 6.54 Å². The van der Waals surface area contributed by atoms with Crippen LogP contribution in [0.3, 0.4) is 0 Å². The summed E-state index contributed by atoms with van der Waals surface area (Å²) in [5.41, 5.74) is 2.71. The van der Waals surface area contributed by atoms with E-state index in [0.29, 0.717) is 0 Å². The largest absolute Gasteiger partial charge is 1.00 e. The summed E-state index contributed by atoms with van der Waals surface area (Å²) in [6.45, 7) is 12.0. The summed E-state index contributed by atoms with van der Waals surface area (Å²) in [6.07, 6.45) is 0. The maximum absolute atomic E-state index is 2.40. The van der Waals surface area contributed by atoms with Gasteiger partial charge in [0, 0.05) is 31.8 Å². The lowest BCUT2D eigenvalue weighted by molar-refractivity contribution is -0.669. The van der Waals surface area contributed by atoms with Crippen LogP contribution in [-0.4, -0.2) is 13.1 Å². The van der Waals surface area contributed by atoms with Crippen LogP contribution in [0, 0.1) is 6.92 Å². The molecule has 0 saturated heterocycles. The molecule has 0 atom stereocenters. The molecule has 0 amide bonds. The molecule has 0 aliphatic carbocycles. The van der Waals surface area contributed by atoms with Gasteiger partial charge < -0.3 is 28.9 Å². The first-order valence-electron chi connectivity index (χ1n) is 6.39. The van der Waals surface area contributed by atoms with Crippen molar-refractivity contribution in [3.05, 3.63) is 23.2 Å². The van der Waals surface area contributed by atoms with Gasteiger partial charge in [-0.2, -0.15) is 4.57 Å². The molecule has 2 aromatic rings. The van der Waals surface area contributed by atoms with E-state index in [1.807, 2.05) is 11.3 Å². The van der Waals surface area contributed by atoms with Crippen molar-refractivity contribution in [1.29, 1.82) is 0 Å². The molecule has 1 heterocycles. The number of nitrogens with zero attached hydrogens (tertiary/aromatic N) is 2. The number of aromatic nitrogens is 1. The monoisotopic (exact) mass is 376 g/mol. The summed E-state index contributed by atoms with van der Waals surface area (Å²) in [7, 11) is 0. The first-order chi connectivity index (χ1) is 8.21. The second kappa shape index (κ2) is 6.70. The third-order valence-electron chi connectivity index (χ3n) is 3.32. The molecule has 0 aliphatic heterocycles. The molecule has 0 fully saturated rings. The molecule has 0 N–H and O–H groups in total. The maximum Gasteiger partial charge on any atom is 0.235 e. The Morgan fingerprint density at radius 1 is 1.17 bits per heavy atom. The smallest absolute Gasteiger partial charge is 0.235 e. The molecule has 0 bridgehead atoms. The molecular weight excluding hydrogens is 355 g/mol. The fourth-order valence-corrected chi connectivity index (χ4v) is 3.43. The number of hydrogen-bond acceptors (Lipinski definition) is 2. The average molecular weight is 376 g/mol. The van der Waals surface area contributed by atoms with Gasteiger partial charge in [0.2, 0.25) is 10.5 Å². The fraction of sp³-hybridized carbons (Fsp3) is 0.500. The fourth-order valence-electron chi connectivity index (χ4n) is 2.37. The second-order valence-electron chi connectivity index (χ2n) is 4.19. The minimum Gasteiger partial charge on any atom is -1.00 e. The van der Waals surface area contributed by atoms with Crippen molar-refractivity contribution in [1.82, 2.24) is 0 Å². The standard InChI is InChI=1S/C14H21N2S.HI/c1-5-15(6-2)12-8-9-14-13(10-12)16(7-3)11(4)17-14;/h8-10H,5-7H2,1-4H3;1H/q+1;/p-1. The van der Waals surface area contributed by atoms with Crippen molar-refractivity contribution in [2.75, 3.05) is 18.0 Å². The molecular formula is C14H21IN2S. The van der Waals surface area contributed by atoms with E-state index in [9.17, 15) is 0 Å². The highest BCUT2D eigenvalue weighted by Gasteiger charge is 2.16. The number of thiazole rings is 1. The predicted molar refractivity (Wildman–Crippen MR) is 76.0 cm³/mol. The van der Waals surface area contributed by atoms with Crippen LogP contribution in [0.1, 0.15) is 25.8 Å². The number of fused-ring (bicyclic) bond motifs is 1. The van der Waals surface area contributed by atoms with E-state index in [1.165, 1.54) is 20.9 Å². The number of anilines is 1. The SMILES string of the molecule is CCN(CC)c1ccc2sc(C)[n+](CC)c2c1.[I-]. The minimum atomic E-state index is 0. The third kappa shape index (κ3) is 2.79. The zero-order valence-electron chi connectivity index (χ0n) is 11.5. The van der Waals surface area contributed by atoms with E-state index < -0.39 is 0 Å².